The van der Waals surface area contributed by atoms with Crippen molar-refractivity contribution in [2.24, 2.45) is 0 Å². The second kappa shape index (κ2) is 10.5. The molecule has 2 aromatic rings. The predicted octanol–water partition coefficient (Wildman–Crippen LogP) is 3.13. The second-order valence-electron chi connectivity index (χ2n) is 5.81. The summed E-state index contributed by atoms with van der Waals surface area (Å²) in [5.74, 6) is -0.438. The van der Waals surface area contributed by atoms with Gasteiger partial charge in [-0.05, 0) is 42.3 Å². The lowest BCUT2D eigenvalue weighted by molar-refractivity contribution is -0.117. The zero-order chi connectivity index (χ0) is 20.4. The van der Waals surface area contributed by atoms with Crippen LogP contribution in [0.2, 0.25) is 0 Å². The number of unbranched alkanes of at least 4 members (excludes halogenated alkanes) is 1. The first-order valence-corrected chi connectivity index (χ1v) is 8.79. The molecule has 1 N–H and O–H groups in total. The van der Waals surface area contributed by atoms with Crippen molar-refractivity contribution < 1.29 is 19.1 Å². The maximum atomic E-state index is 12.2. The molecule has 0 saturated heterocycles. The molecule has 1 aromatic carbocycles. The van der Waals surface area contributed by atoms with Crippen LogP contribution in [0.5, 0.6) is 11.5 Å². The van der Waals surface area contributed by atoms with Gasteiger partial charge in [-0.15, -0.1) is 0 Å². The third-order valence-electron chi connectivity index (χ3n) is 3.80. The Labute approximate surface area is 163 Å². The quantitative estimate of drug-likeness (QED) is 0.249. The van der Waals surface area contributed by atoms with Crippen molar-refractivity contribution in [3.63, 3.8) is 0 Å². The molecule has 0 aliphatic heterocycles. The van der Waals surface area contributed by atoms with Gasteiger partial charge in [0.15, 0.2) is 11.5 Å². The number of carbonyl (C=O) groups excluding carboxylic acids is 2. The molecule has 7 nitrogen and oxygen atoms in total. The highest BCUT2D eigenvalue weighted by Crippen LogP contribution is 2.29. The van der Waals surface area contributed by atoms with Crippen LogP contribution in [0.4, 0.5) is 0 Å². The van der Waals surface area contributed by atoms with E-state index in [1.807, 2.05) is 13.0 Å². The summed E-state index contributed by atoms with van der Waals surface area (Å²) in [5, 5.41) is 12.0. The molecule has 0 unspecified atom stereocenters. The van der Waals surface area contributed by atoms with E-state index in [0.717, 1.165) is 12.8 Å². The Bertz CT molecular complexity index is 902. The van der Waals surface area contributed by atoms with E-state index >= 15 is 0 Å². The number of benzene rings is 1. The number of carbonyl (C=O) groups is 2. The maximum absolute atomic E-state index is 12.2. The Balaban J connectivity index is 2.18. The van der Waals surface area contributed by atoms with Gasteiger partial charge in [0.2, 0.25) is 0 Å². The zero-order valence-corrected chi connectivity index (χ0v) is 15.8. The first kappa shape index (κ1) is 20.6. The van der Waals surface area contributed by atoms with E-state index in [4.69, 9.17) is 9.47 Å². The van der Waals surface area contributed by atoms with Crippen LogP contribution in [0.15, 0.2) is 48.3 Å². The third-order valence-corrected chi connectivity index (χ3v) is 3.80. The molecule has 0 aliphatic rings. The molecule has 28 heavy (non-hydrogen) atoms. The number of nitrogens with one attached hydrogen (secondary N) is 1. The Morgan fingerprint density at radius 2 is 1.96 bits per heavy atom. The van der Waals surface area contributed by atoms with Crippen molar-refractivity contribution in [3.05, 3.63) is 59.4 Å². The van der Waals surface area contributed by atoms with Gasteiger partial charge in [-0.1, -0.05) is 19.4 Å². The van der Waals surface area contributed by atoms with Gasteiger partial charge < -0.3 is 14.8 Å². The number of rotatable bonds is 8. The molecule has 1 amide bonds. The number of nitriles is 1. The molecule has 1 aromatic heterocycles. The first-order chi connectivity index (χ1) is 13.6. The molecule has 0 atom stereocenters. The highest BCUT2D eigenvalue weighted by atomic mass is 16.6. The molecule has 1 heterocycles. The van der Waals surface area contributed by atoms with Crippen molar-refractivity contribution in [1.82, 2.24) is 10.3 Å². The van der Waals surface area contributed by atoms with E-state index in [9.17, 15) is 14.9 Å². The number of amides is 1. The van der Waals surface area contributed by atoms with E-state index in [-0.39, 0.29) is 11.3 Å². The average molecular weight is 379 g/mol. The number of aromatic nitrogens is 1. The topological polar surface area (TPSA) is 101 Å². The van der Waals surface area contributed by atoms with Crippen LogP contribution in [-0.4, -0.2) is 30.5 Å². The van der Waals surface area contributed by atoms with Crippen molar-refractivity contribution in [2.45, 2.75) is 19.8 Å². The van der Waals surface area contributed by atoms with Gasteiger partial charge in [-0.25, -0.2) is 4.79 Å². The van der Waals surface area contributed by atoms with Crippen molar-refractivity contribution in [3.8, 4) is 17.6 Å². The number of hydrogen-bond acceptors (Lipinski definition) is 6. The fraction of sp³-hybridized carbons (Fsp3) is 0.238. The summed E-state index contributed by atoms with van der Waals surface area (Å²) in [6.45, 7) is 2.53. The lowest BCUT2D eigenvalue weighted by Gasteiger charge is -2.10. The number of hydrogen-bond donors (Lipinski definition) is 1. The van der Waals surface area contributed by atoms with Crippen LogP contribution in [0.3, 0.4) is 0 Å². The predicted molar refractivity (Wildman–Crippen MR) is 104 cm³/mol. The van der Waals surface area contributed by atoms with Gasteiger partial charge in [0.05, 0.1) is 12.7 Å². The largest absolute Gasteiger partial charge is 0.493 e. The van der Waals surface area contributed by atoms with Crippen molar-refractivity contribution in [2.75, 3.05) is 13.7 Å². The van der Waals surface area contributed by atoms with Crippen molar-refractivity contribution >= 4 is 18.0 Å². The Morgan fingerprint density at radius 1 is 1.21 bits per heavy atom. The van der Waals surface area contributed by atoms with Crippen LogP contribution in [0, 0.1) is 11.3 Å². The normalized spacial score (nSPS) is 10.7. The highest BCUT2D eigenvalue weighted by Gasteiger charge is 2.14. The molecular weight excluding hydrogens is 358 g/mol. The number of pyridine rings is 1. The zero-order valence-electron chi connectivity index (χ0n) is 15.8. The summed E-state index contributed by atoms with van der Waals surface area (Å²) >= 11 is 0. The van der Waals surface area contributed by atoms with Gasteiger partial charge in [0.1, 0.15) is 11.6 Å². The van der Waals surface area contributed by atoms with E-state index in [2.05, 4.69) is 10.3 Å². The van der Waals surface area contributed by atoms with Gasteiger partial charge in [0.25, 0.3) is 5.91 Å². The SMILES string of the molecule is CCCCNC(=O)/C(C#N)=C/c1ccc(OC(=O)c2ccncc2)c(OC)c1. The minimum Gasteiger partial charge on any atom is -0.493 e. The maximum Gasteiger partial charge on any atom is 0.343 e. The van der Waals surface area contributed by atoms with E-state index < -0.39 is 11.9 Å². The Morgan fingerprint density at radius 3 is 2.61 bits per heavy atom. The molecule has 0 bridgehead atoms. The number of nitrogens with zero attached hydrogens (tertiary/aromatic N) is 2. The van der Waals surface area contributed by atoms with Crippen LogP contribution in [0.1, 0.15) is 35.7 Å². The molecule has 7 heteroatoms. The van der Waals surface area contributed by atoms with Crippen molar-refractivity contribution in [1.29, 1.82) is 5.26 Å². The minimum atomic E-state index is -0.544. The van der Waals surface area contributed by atoms with Gasteiger partial charge in [0, 0.05) is 18.9 Å². The molecule has 0 aliphatic carbocycles. The van der Waals surface area contributed by atoms with Gasteiger partial charge in [-0.3, -0.25) is 9.78 Å². The summed E-state index contributed by atoms with van der Waals surface area (Å²) < 4.78 is 10.6. The molecule has 144 valence electrons. The summed E-state index contributed by atoms with van der Waals surface area (Å²) in [7, 11) is 1.44. The molecule has 0 radical (unpaired) electrons. The number of methoxy groups -OCH3 is 1. The number of ether oxygens (including phenoxy) is 2. The lowest BCUT2D eigenvalue weighted by Crippen LogP contribution is -2.25. The monoisotopic (exact) mass is 379 g/mol. The standard InChI is InChI=1S/C21H21N3O4/c1-3-4-9-24-20(25)17(14-22)12-15-5-6-18(19(13-15)27-2)28-21(26)16-7-10-23-11-8-16/h5-8,10-13H,3-4,9H2,1-2H3,(H,24,25)/b17-12+. The van der Waals surface area contributed by atoms with E-state index in [1.165, 1.54) is 25.6 Å². The Kier molecular flexibility index (Phi) is 7.73. The number of esters is 1. The Hall–Kier alpha value is -3.66. The van der Waals surface area contributed by atoms with E-state index in [1.54, 1.807) is 30.3 Å². The summed E-state index contributed by atoms with van der Waals surface area (Å²) in [4.78, 5) is 28.1. The molecular formula is C21H21N3O4. The van der Waals surface area contributed by atoms with Gasteiger partial charge in [-0.2, -0.15) is 5.26 Å². The molecule has 2 rings (SSSR count). The summed E-state index contributed by atoms with van der Waals surface area (Å²) in [6.07, 6.45) is 6.24. The second-order valence-corrected chi connectivity index (χ2v) is 5.81. The van der Waals surface area contributed by atoms with Crippen LogP contribution in [-0.2, 0) is 4.79 Å². The van der Waals surface area contributed by atoms with Crippen LogP contribution in [0.25, 0.3) is 6.08 Å². The third kappa shape index (κ3) is 5.68. The molecule has 0 spiro atoms. The van der Waals surface area contributed by atoms with Gasteiger partial charge >= 0.3 is 5.97 Å². The molecule has 0 fully saturated rings. The van der Waals surface area contributed by atoms with E-state index in [0.29, 0.717) is 23.4 Å². The summed E-state index contributed by atoms with van der Waals surface area (Å²) in [6, 6.07) is 9.76. The minimum absolute atomic E-state index is 0.0142. The average Bonchev–Trinajstić information content (AvgIpc) is 2.73. The molecule has 0 saturated carbocycles. The van der Waals surface area contributed by atoms with Crippen LogP contribution >= 0.6 is 0 Å². The fourth-order valence-electron chi connectivity index (χ4n) is 2.29. The highest BCUT2D eigenvalue weighted by molar-refractivity contribution is 6.01. The van der Waals surface area contributed by atoms with Crippen LogP contribution < -0.4 is 14.8 Å². The first-order valence-electron chi connectivity index (χ1n) is 8.79. The lowest BCUT2D eigenvalue weighted by atomic mass is 10.1. The summed E-state index contributed by atoms with van der Waals surface area (Å²) in [5.41, 5.74) is 0.916. The smallest absolute Gasteiger partial charge is 0.343 e. The fourth-order valence-corrected chi connectivity index (χ4v) is 2.29.